The van der Waals surface area contributed by atoms with Crippen molar-refractivity contribution in [3.63, 3.8) is 0 Å². The van der Waals surface area contributed by atoms with E-state index in [1.54, 1.807) is 0 Å². The molecule has 0 bridgehead atoms. The van der Waals surface area contributed by atoms with Crippen molar-refractivity contribution in [2.24, 2.45) is 0 Å². The van der Waals surface area contributed by atoms with Gasteiger partial charge in [-0.15, -0.1) is 0 Å². The molecular weight excluding hydrogens is 488 g/mol. The maximum atomic E-state index is 6.65. The van der Waals surface area contributed by atoms with Crippen molar-refractivity contribution in [1.29, 1.82) is 0 Å². The molecule has 2 nitrogen and oxygen atoms in total. The molecule has 2 aliphatic heterocycles. The first kappa shape index (κ1) is 23.6. The first-order chi connectivity index (χ1) is 19.5. The summed E-state index contributed by atoms with van der Waals surface area (Å²) in [5.74, 6) is 3.35. The van der Waals surface area contributed by atoms with Crippen LogP contribution in [0.1, 0.15) is 85.1 Å². The fourth-order valence-corrected chi connectivity index (χ4v) is 6.86. The van der Waals surface area contributed by atoms with E-state index in [0.29, 0.717) is 11.8 Å². The second-order valence-corrected chi connectivity index (χ2v) is 12.1. The predicted octanol–water partition coefficient (Wildman–Crippen LogP) is 11.1. The number of hydrogen-bond acceptors (Lipinski definition) is 2. The zero-order valence-electron chi connectivity index (χ0n) is 23.4. The van der Waals surface area contributed by atoms with E-state index in [1.807, 2.05) is 0 Å². The van der Waals surface area contributed by atoms with Gasteiger partial charge in [-0.05, 0) is 75.4 Å². The van der Waals surface area contributed by atoms with Gasteiger partial charge in [0.05, 0.1) is 0 Å². The van der Waals surface area contributed by atoms with Gasteiger partial charge in [0.25, 0.3) is 0 Å². The Morgan fingerprint density at radius 2 is 1.20 bits per heavy atom. The molecule has 8 rings (SSSR count). The number of hydrogen-bond donors (Lipinski definition) is 0. The zero-order chi connectivity index (χ0) is 27.1. The molecule has 0 radical (unpaired) electrons. The first-order valence-corrected chi connectivity index (χ1v) is 14.5. The minimum atomic E-state index is 0.198. The molecular formula is C38H32O2. The van der Waals surface area contributed by atoms with Crippen LogP contribution in [0.25, 0.3) is 56.3 Å². The van der Waals surface area contributed by atoms with E-state index >= 15 is 0 Å². The maximum Gasteiger partial charge on any atom is 0.136 e. The van der Waals surface area contributed by atoms with Crippen LogP contribution in [0.5, 0.6) is 0 Å². The van der Waals surface area contributed by atoms with Crippen LogP contribution in [0.15, 0.2) is 93.8 Å². The third-order valence-electron chi connectivity index (χ3n) is 9.08. The monoisotopic (exact) mass is 520 g/mol. The van der Waals surface area contributed by atoms with Crippen LogP contribution in [-0.4, -0.2) is 0 Å². The van der Waals surface area contributed by atoms with Crippen LogP contribution in [-0.2, 0) is 0 Å². The summed E-state index contributed by atoms with van der Waals surface area (Å²) in [6.45, 7) is 8.96. The lowest BCUT2D eigenvalue weighted by Gasteiger charge is -2.33. The normalized spacial score (nSPS) is 17.8. The smallest absolute Gasteiger partial charge is 0.136 e. The highest BCUT2D eigenvalue weighted by molar-refractivity contribution is 6.17. The molecule has 0 fully saturated rings. The molecule has 4 aromatic rings. The van der Waals surface area contributed by atoms with Crippen LogP contribution in [0.4, 0.5) is 0 Å². The third kappa shape index (κ3) is 3.35. The molecule has 2 heterocycles. The topological polar surface area (TPSA) is 26.3 Å². The highest BCUT2D eigenvalue weighted by Gasteiger charge is 2.37. The third-order valence-corrected chi connectivity index (χ3v) is 9.08. The second kappa shape index (κ2) is 8.60. The summed E-state index contributed by atoms with van der Waals surface area (Å²) in [6, 6.07) is 26.8. The quantitative estimate of drug-likeness (QED) is 0.216. The molecule has 0 spiro atoms. The van der Waals surface area contributed by atoms with Gasteiger partial charge in [0.15, 0.2) is 0 Å². The fraction of sp³-hybridized carbons (Fsp3) is 0.211. The van der Waals surface area contributed by atoms with Crippen molar-refractivity contribution < 1.29 is 8.83 Å². The molecule has 2 atom stereocenters. The van der Waals surface area contributed by atoms with Gasteiger partial charge in [-0.1, -0.05) is 94.4 Å². The van der Waals surface area contributed by atoms with Gasteiger partial charge < -0.3 is 8.83 Å². The standard InChI is InChI=1S/C38H32O2/c1-21(2)23-5-9-25(10-6-23)27-13-17-31-35-29(27)15-19-33-37(35)38-34(39-31)20-16-30-28(14-18-32(40-33)36(30)38)26-11-7-24(8-12-26)22(3)4/h5-22,27,29H,1-4H3. The highest BCUT2D eigenvalue weighted by Crippen LogP contribution is 2.54. The summed E-state index contributed by atoms with van der Waals surface area (Å²) >= 11 is 0. The van der Waals surface area contributed by atoms with E-state index in [1.165, 1.54) is 49.9 Å². The van der Waals surface area contributed by atoms with Crippen molar-refractivity contribution in [3.05, 3.63) is 119 Å². The number of rotatable bonds is 4. The summed E-state index contributed by atoms with van der Waals surface area (Å²) in [5, 5.41) is 2.35. The van der Waals surface area contributed by atoms with Crippen LogP contribution >= 0.6 is 0 Å². The minimum Gasteiger partial charge on any atom is -0.456 e. The Kier molecular flexibility index (Phi) is 5.07. The van der Waals surface area contributed by atoms with Crippen molar-refractivity contribution in [2.45, 2.75) is 51.4 Å². The largest absolute Gasteiger partial charge is 0.456 e. The van der Waals surface area contributed by atoms with E-state index in [0.717, 1.165) is 28.1 Å². The summed E-state index contributed by atoms with van der Waals surface area (Å²) in [4.78, 5) is 0. The summed E-state index contributed by atoms with van der Waals surface area (Å²) in [6.07, 6.45) is 8.98. The lowest BCUT2D eigenvalue weighted by Crippen LogP contribution is -2.17. The van der Waals surface area contributed by atoms with Gasteiger partial charge in [0, 0.05) is 33.9 Å². The van der Waals surface area contributed by atoms with Crippen LogP contribution < -0.4 is 0 Å². The van der Waals surface area contributed by atoms with E-state index in [-0.39, 0.29) is 11.8 Å². The Labute approximate surface area is 235 Å². The van der Waals surface area contributed by atoms with Gasteiger partial charge >= 0.3 is 0 Å². The molecule has 2 unspecified atom stereocenters. The SMILES string of the molecule is CC(C)c1ccc(-c2ccc3oc4c5c6c(oc7ccc2c3c7-5)C=CC(c2ccc(C(C)C)cc2)C6C=C4)cc1. The van der Waals surface area contributed by atoms with Gasteiger partial charge in [0.2, 0.25) is 0 Å². The Morgan fingerprint density at radius 3 is 1.93 bits per heavy atom. The molecule has 0 N–H and O–H groups in total. The Hall–Kier alpha value is -4.30. The van der Waals surface area contributed by atoms with E-state index in [4.69, 9.17) is 8.83 Å². The van der Waals surface area contributed by atoms with Gasteiger partial charge in [0.1, 0.15) is 22.7 Å². The molecule has 4 aromatic carbocycles. The molecule has 0 saturated carbocycles. The van der Waals surface area contributed by atoms with Crippen molar-refractivity contribution in [2.75, 3.05) is 0 Å². The van der Waals surface area contributed by atoms with Crippen molar-refractivity contribution in [1.82, 2.24) is 0 Å². The number of allylic oxidation sites excluding steroid dienone is 2. The molecule has 0 amide bonds. The molecule has 2 aliphatic carbocycles. The van der Waals surface area contributed by atoms with Crippen LogP contribution in [0.2, 0.25) is 0 Å². The fourth-order valence-electron chi connectivity index (χ4n) is 6.86. The van der Waals surface area contributed by atoms with Gasteiger partial charge in [-0.25, -0.2) is 0 Å². The van der Waals surface area contributed by atoms with E-state index in [2.05, 4.69) is 125 Å². The molecule has 196 valence electrons. The highest BCUT2D eigenvalue weighted by atomic mass is 16.3. The summed E-state index contributed by atoms with van der Waals surface area (Å²) in [5.41, 5.74) is 11.9. The summed E-state index contributed by atoms with van der Waals surface area (Å²) < 4.78 is 13.3. The molecule has 0 aromatic heterocycles. The van der Waals surface area contributed by atoms with Gasteiger partial charge in [-0.2, -0.15) is 0 Å². The second-order valence-electron chi connectivity index (χ2n) is 12.1. The Balaban J connectivity index is 1.32. The van der Waals surface area contributed by atoms with Crippen LogP contribution in [0.3, 0.4) is 0 Å². The Morgan fingerprint density at radius 1 is 0.575 bits per heavy atom. The molecule has 40 heavy (non-hydrogen) atoms. The Bertz CT molecular complexity index is 1940. The van der Waals surface area contributed by atoms with Crippen molar-refractivity contribution >= 4 is 34.1 Å². The lowest BCUT2D eigenvalue weighted by molar-refractivity contribution is 0.547. The predicted molar refractivity (Wildman–Crippen MR) is 166 cm³/mol. The molecule has 0 saturated heterocycles. The molecule has 2 heteroatoms. The minimum absolute atomic E-state index is 0.198. The number of benzene rings is 4. The van der Waals surface area contributed by atoms with Crippen LogP contribution in [0, 0.1) is 0 Å². The van der Waals surface area contributed by atoms with E-state index in [9.17, 15) is 0 Å². The van der Waals surface area contributed by atoms with Gasteiger partial charge in [-0.3, -0.25) is 0 Å². The summed E-state index contributed by atoms with van der Waals surface area (Å²) in [7, 11) is 0. The van der Waals surface area contributed by atoms with E-state index < -0.39 is 0 Å². The maximum absolute atomic E-state index is 6.65. The average molecular weight is 521 g/mol. The average Bonchev–Trinajstić information content (AvgIpc) is 2.98. The molecule has 4 aliphatic rings. The van der Waals surface area contributed by atoms with Crippen molar-refractivity contribution in [3.8, 4) is 22.3 Å². The lowest BCUT2D eigenvalue weighted by atomic mass is 9.72. The zero-order valence-corrected chi connectivity index (χ0v) is 23.4. The first-order valence-electron chi connectivity index (χ1n) is 14.5.